The number of hydrogen-bond donors (Lipinski definition) is 1. The highest BCUT2D eigenvalue weighted by molar-refractivity contribution is 9.10. The van der Waals surface area contributed by atoms with E-state index in [0.717, 1.165) is 16.5 Å². The van der Waals surface area contributed by atoms with Gasteiger partial charge in [0.05, 0.1) is 12.2 Å². The molecular formula is C22H19BrClNO2. The average molecular weight is 445 g/mol. The van der Waals surface area contributed by atoms with Gasteiger partial charge in [-0.1, -0.05) is 63.9 Å². The van der Waals surface area contributed by atoms with Crippen LogP contribution in [0.5, 0.6) is 5.75 Å². The smallest absolute Gasteiger partial charge is 0.259 e. The molecule has 5 heteroatoms. The van der Waals surface area contributed by atoms with Crippen molar-refractivity contribution < 1.29 is 9.53 Å². The number of hydrogen-bond acceptors (Lipinski definition) is 2. The van der Waals surface area contributed by atoms with Crippen molar-refractivity contribution in [3.63, 3.8) is 0 Å². The SMILES string of the molecule is Cc1c(Cl)cccc1NC(=O)c1cc(Br)ccc1OCCc1ccccc1. The topological polar surface area (TPSA) is 38.3 Å². The van der Waals surface area contributed by atoms with Crippen LogP contribution in [0.25, 0.3) is 0 Å². The van der Waals surface area contributed by atoms with Gasteiger partial charge in [-0.25, -0.2) is 0 Å². The van der Waals surface area contributed by atoms with Gasteiger partial charge in [0.2, 0.25) is 0 Å². The number of ether oxygens (including phenoxy) is 1. The minimum atomic E-state index is -0.239. The van der Waals surface area contributed by atoms with E-state index in [1.54, 1.807) is 18.2 Å². The van der Waals surface area contributed by atoms with Crippen LogP contribution in [-0.2, 0) is 6.42 Å². The molecule has 0 unspecified atom stereocenters. The summed E-state index contributed by atoms with van der Waals surface area (Å²) in [6, 6.07) is 20.9. The van der Waals surface area contributed by atoms with Crippen LogP contribution in [-0.4, -0.2) is 12.5 Å². The molecule has 0 saturated heterocycles. The first-order valence-corrected chi connectivity index (χ1v) is 9.74. The Morgan fingerprint density at radius 2 is 1.85 bits per heavy atom. The van der Waals surface area contributed by atoms with E-state index in [-0.39, 0.29) is 5.91 Å². The van der Waals surface area contributed by atoms with Gasteiger partial charge in [-0.15, -0.1) is 0 Å². The molecule has 0 heterocycles. The molecule has 138 valence electrons. The molecule has 0 aromatic heterocycles. The van der Waals surface area contributed by atoms with Gasteiger partial charge in [0.25, 0.3) is 5.91 Å². The van der Waals surface area contributed by atoms with Crippen molar-refractivity contribution in [3.05, 3.63) is 92.9 Å². The van der Waals surface area contributed by atoms with Crippen LogP contribution in [0.1, 0.15) is 21.5 Å². The molecule has 0 bridgehead atoms. The number of carbonyl (C=O) groups is 1. The van der Waals surface area contributed by atoms with Gasteiger partial charge in [0.1, 0.15) is 5.75 Å². The van der Waals surface area contributed by atoms with Crippen molar-refractivity contribution in [3.8, 4) is 5.75 Å². The van der Waals surface area contributed by atoms with E-state index in [1.165, 1.54) is 5.56 Å². The zero-order valence-electron chi connectivity index (χ0n) is 14.8. The first-order valence-electron chi connectivity index (χ1n) is 8.57. The van der Waals surface area contributed by atoms with Gasteiger partial charge in [-0.3, -0.25) is 4.79 Å². The lowest BCUT2D eigenvalue weighted by Crippen LogP contribution is -2.15. The van der Waals surface area contributed by atoms with E-state index in [1.807, 2.05) is 43.3 Å². The van der Waals surface area contributed by atoms with Crippen LogP contribution < -0.4 is 10.1 Å². The first kappa shape index (κ1) is 19.5. The Labute approximate surface area is 172 Å². The Hall–Kier alpha value is -2.30. The van der Waals surface area contributed by atoms with E-state index < -0.39 is 0 Å². The normalized spacial score (nSPS) is 10.5. The second-order valence-corrected chi connectivity index (χ2v) is 7.41. The van der Waals surface area contributed by atoms with E-state index in [0.29, 0.717) is 28.6 Å². The minimum Gasteiger partial charge on any atom is -0.492 e. The molecule has 0 fully saturated rings. The molecule has 3 rings (SSSR count). The summed E-state index contributed by atoms with van der Waals surface area (Å²) in [6.45, 7) is 2.36. The number of nitrogens with one attached hydrogen (secondary N) is 1. The van der Waals surface area contributed by atoms with Gasteiger partial charge in [-0.2, -0.15) is 0 Å². The van der Waals surface area contributed by atoms with Crippen molar-refractivity contribution in [1.29, 1.82) is 0 Å². The highest BCUT2D eigenvalue weighted by Gasteiger charge is 2.15. The van der Waals surface area contributed by atoms with Gasteiger partial charge < -0.3 is 10.1 Å². The number of rotatable bonds is 6. The van der Waals surface area contributed by atoms with Crippen LogP contribution in [0.15, 0.2) is 71.2 Å². The summed E-state index contributed by atoms with van der Waals surface area (Å²) >= 11 is 9.57. The maximum Gasteiger partial charge on any atom is 0.259 e. The fraction of sp³-hybridized carbons (Fsp3) is 0.136. The standard InChI is InChI=1S/C22H19BrClNO2/c1-15-19(24)8-5-9-20(15)25-22(26)18-14-17(23)10-11-21(18)27-13-12-16-6-3-2-4-7-16/h2-11,14H,12-13H2,1H3,(H,25,26). The van der Waals surface area contributed by atoms with E-state index in [9.17, 15) is 4.79 Å². The molecular weight excluding hydrogens is 426 g/mol. The van der Waals surface area contributed by atoms with Crippen molar-refractivity contribution in [2.45, 2.75) is 13.3 Å². The Morgan fingerprint density at radius 1 is 1.07 bits per heavy atom. The predicted molar refractivity (Wildman–Crippen MR) is 114 cm³/mol. The molecule has 0 aliphatic carbocycles. The quantitative estimate of drug-likeness (QED) is 0.485. The van der Waals surface area contributed by atoms with E-state index in [2.05, 4.69) is 33.4 Å². The summed E-state index contributed by atoms with van der Waals surface area (Å²) in [7, 11) is 0. The maximum absolute atomic E-state index is 12.8. The molecule has 1 N–H and O–H groups in total. The number of benzene rings is 3. The molecule has 3 nitrogen and oxygen atoms in total. The second-order valence-electron chi connectivity index (χ2n) is 6.09. The third kappa shape index (κ3) is 5.12. The van der Waals surface area contributed by atoms with E-state index in [4.69, 9.17) is 16.3 Å². The Morgan fingerprint density at radius 3 is 2.63 bits per heavy atom. The van der Waals surface area contributed by atoms with Crippen LogP contribution in [0.4, 0.5) is 5.69 Å². The summed E-state index contributed by atoms with van der Waals surface area (Å²) < 4.78 is 6.71. The monoisotopic (exact) mass is 443 g/mol. The molecule has 0 saturated carbocycles. The minimum absolute atomic E-state index is 0.239. The Bertz CT molecular complexity index is 944. The molecule has 1 amide bonds. The Balaban J connectivity index is 1.75. The summed E-state index contributed by atoms with van der Waals surface area (Å²) in [4.78, 5) is 12.8. The highest BCUT2D eigenvalue weighted by atomic mass is 79.9. The zero-order valence-corrected chi connectivity index (χ0v) is 17.2. The molecule has 0 atom stereocenters. The fourth-order valence-corrected chi connectivity index (χ4v) is 3.20. The highest BCUT2D eigenvalue weighted by Crippen LogP contribution is 2.27. The van der Waals surface area contributed by atoms with Gasteiger partial charge in [0, 0.05) is 21.6 Å². The largest absolute Gasteiger partial charge is 0.492 e. The van der Waals surface area contributed by atoms with Gasteiger partial charge >= 0.3 is 0 Å². The van der Waals surface area contributed by atoms with Crippen molar-refractivity contribution >= 4 is 39.1 Å². The van der Waals surface area contributed by atoms with Crippen LogP contribution in [0, 0.1) is 6.92 Å². The molecule has 0 radical (unpaired) electrons. The predicted octanol–water partition coefficient (Wildman–Crippen LogP) is 6.28. The van der Waals surface area contributed by atoms with Crippen molar-refractivity contribution in [2.75, 3.05) is 11.9 Å². The fourth-order valence-electron chi connectivity index (χ4n) is 2.66. The number of carbonyl (C=O) groups excluding carboxylic acids is 1. The maximum atomic E-state index is 12.8. The van der Waals surface area contributed by atoms with Crippen LogP contribution >= 0.6 is 27.5 Å². The summed E-state index contributed by atoms with van der Waals surface area (Å²) in [5.41, 5.74) is 3.17. The summed E-state index contributed by atoms with van der Waals surface area (Å²) in [6.07, 6.45) is 0.769. The number of anilines is 1. The van der Waals surface area contributed by atoms with E-state index >= 15 is 0 Å². The van der Waals surface area contributed by atoms with Crippen LogP contribution in [0.3, 0.4) is 0 Å². The third-order valence-corrected chi connectivity index (χ3v) is 5.10. The lowest BCUT2D eigenvalue weighted by Gasteiger charge is -2.14. The number of amides is 1. The van der Waals surface area contributed by atoms with Crippen molar-refractivity contribution in [1.82, 2.24) is 0 Å². The summed E-state index contributed by atoms with van der Waals surface area (Å²) in [5, 5.41) is 3.53. The van der Waals surface area contributed by atoms with Crippen LogP contribution in [0.2, 0.25) is 5.02 Å². The lowest BCUT2D eigenvalue weighted by molar-refractivity contribution is 0.102. The Kier molecular flexibility index (Phi) is 6.54. The average Bonchev–Trinajstić information content (AvgIpc) is 2.67. The summed E-state index contributed by atoms with van der Waals surface area (Å²) in [5.74, 6) is 0.308. The third-order valence-electron chi connectivity index (χ3n) is 4.19. The molecule has 0 aliphatic heterocycles. The second kappa shape index (κ2) is 9.07. The molecule has 3 aromatic carbocycles. The first-order chi connectivity index (χ1) is 13.0. The van der Waals surface area contributed by atoms with Gasteiger partial charge in [-0.05, 0) is 48.4 Å². The number of halogens is 2. The van der Waals surface area contributed by atoms with Crippen molar-refractivity contribution in [2.24, 2.45) is 0 Å². The zero-order chi connectivity index (χ0) is 19.2. The molecule has 0 spiro atoms. The molecule has 27 heavy (non-hydrogen) atoms. The molecule has 3 aromatic rings. The molecule has 0 aliphatic rings. The van der Waals surface area contributed by atoms with Gasteiger partial charge in [0.15, 0.2) is 0 Å². The lowest BCUT2D eigenvalue weighted by atomic mass is 10.1.